The fraction of sp³-hybridized carbons (Fsp3) is 0.400. The average molecular weight is 220 g/mol. The number of hydrogen-bond donors (Lipinski definition) is 1. The minimum atomic E-state index is -0.523. The summed E-state index contributed by atoms with van der Waals surface area (Å²) in [5, 5.41) is -0.159. The largest absolute Gasteiger partial charge is 0.330 e. The standard InChI is InChI=1S/C10H12ClF2N/c11-9-6-8(12)5-7(10(9)13)3-1-2-4-14/h5-6H,1-4,14H2. The number of unbranched alkanes of at least 4 members (excludes halogenated alkanes) is 1. The van der Waals surface area contributed by atoms with E-state index in [1.165, 1.54) is 6.07 Å². The molecule has 1 nitrogen and oxygen atoms in total. The molecule has 78 valence electrons. The van der Waals surface area contributed by atoms with Crippen molar-refractivity contribution in [3.63, 3.8) is 0 Å². The van der Waals surface area contributed by atoms with Crippen molar-refractivity contribution in [2.45, 2.75) is 19.3 Å². The summed E-state index contributed by atoms with van der Waals surface area (Å²) in [6, 6.07) is 2.15. The van der Waals surface area contributed by atoms with Crippen LogP contribution in [-0.4, -0.2) is 6.54 Å². The fourth-order valence-corrected chi connectivity index (χ4v) is 1.48. The van der Waals surface area contributed by atoms with Crippen molar-refractivity contribution in [1.29, 1.82) is 0 Å². The van der Waals surface area contributed by atoms with E-state index in [9.17, 15) is 8.78 Å². The van der Waals surface area contributed by atoms with E-state index in [1.54, 1.807) is 0 Å². The zero-order valence-corrected chi connectivity index (χ0v) is 8.45. The molecular formula is C10H12ClF2N. The molecule has 1 aromatic carbocycles. The molecule has 0 aliphatic carbocycles. The second-order valence-electron chi connectivity index (χ2n) is 3.11. The van der Waals surface area contributed by atoms with Crippen LogP contribution in [0.4, 0.5) is 8.78 Å². The Balaban J connectivity index is 2.75. The van der Waals surface area contributed by atoms with Crippen molar-refractivity contribution in [2.24, 2.45) is 5.73 Å². The molecule has 0 amide bonds. The van der Waals surface area contributed by atoms with Gasteiger partial charge in [-0.1, -0.05) is 11.6 Å². The van der Waals surface area contributed by atoms with Crippen LogP contribution in [0.25, 0.3) is 0 Å². The van der Waals surface area contributed by atoms with E-state index in [-0.39, 0.29) is 5.02 Å². The Morgan fingerprint density at radius 2 is 1.93 bits per heavy atom. The third-order valence-electron chi connectivity index (χ3n) is 1.97. The van der Waals surface area contributed by atoms with Crippen molar-refractivity contribution in [2.75, 3.05) is 6.54 Å². The van der Waals surface area contributed by atoms with E-state index >= 15 is 0 Å². The molecule has 0 radical (unpaired) electrons. The van der Waals surface area contributed by atoms with Gasteiger partial charge in [0, 0.05) is 0 Å². The average Bonchev–Trinajstić information content (AvgIpc) is 2.13. The minimum absolute atomic E-state index is 0.159. The molecule has 4 heteroatoms. The van der Waals surface area contributed by atoms with Crippen molar-refractivity contribution >= 4 is 11.6 Å². The third kappa shape index (κ3) is 2.93. The summed E-state index contributed by atoms with van der Waals surface area (Å²) in [7, 11) is 0. The van der Waals surface area contributed by atoms with Crippen LogP contribution in [-0.2, 0) is 6.42 Å². The molecule has 0 heterocycles. The second kappa shape index (κ2) is 5.27. The predicted molar refractivity (Wildman–Crippen MR) is 53.4 cm³/mol. The Kier molecular flexibility index (Phi) is 4.29. The highest BCUT2D eigenvalue weighted by atomic mass is 35.5. The van der Waals surface area contributed by atoms with Crippen molar-refractivity contribution < 1.29 is 8.78 Å². The molecule has 1 aromatic rings. The summed E-state index contributed by atoms with van der Waals surface area (Å²) in [5.41, 5.74) is 5.62. The third-order valence-corrected chi connectivity index (χ3v) is 2.24. The Morgan fingerprint density at radius 3 is 2.57 bits per heavy atom. The molecule has 2 N–H and O–H groups in total. The zero-order valence-electron chi connectivity index (χ0n) is 7.69. The van der Waals surface area contributed by atoms with Gasteiger partial charge in [-0.25, -0.2) is 8.78 Å². The van der Waals surface area contributed by atoms with Gasteiger partial charge in [0.2, 0.25) is 0 Å². The fourth-order valence-electron chi connectivity index (χ4n) is 1.25. The molecule has 0 aliphatic heterocycles. The predicted octanol–water partition coefficient (Wildman–Crippen LogP) is 2.90. The number of rotatable bonds is 4. The van der Waals surface area contributed by atoms with E-state index in [2.05, 4.69) is 0 Å². The lowest BCUT2D eigenvalue weighted by Gasteiger charge is -2.04. The highest BCUT2D eigenvalue weighted by Gasteiger charge is 2.08. The van der Waals surface area contributed by atoms with Gasteiger partial charge in [0.15, 0.2) is 0 Å². The van der Waals surface area contributed by atoms with Crippen LogP contribution in [0.5, 0.6) is 0 Å². The van der Waals surface area contributed by atoms with E-state index in [4.69, 9.17) is 17.3 Å². The Hall–Kier alpha value is -0.670. The monoisotopic (exact) mass is 219 g/mol. The summed E-state index contributed by atoms with van der Waals surface area (Å²) < 4.78 is 26.1. The van der Waals surface area contributed by atoms with E-state index in [0.29, 0.717) is 18.5 Å². The smallest absolute Gasteiger partial charge is 0.145 e. The number of hydrogen-bond acceptors (Lipinski definition) is 1. The van der Waals surface area contributed by atoms with Gasteiger partial charge in [0.05, 0.1) is 5.02 Å². The van der Waals surface area contributed by atoms with Gasteiger partial charge >= 0.3 is 0 Å². The zero-order chi connectivity index (χ0) is 10.6. The van der Waals surface area contributed by atoms with Crippen molar-refractivity contribution in [3.8, 4) is 0 Å². The Bertz CT molecular complexity index is 315. The molecule has 0 saturated carbocycles. The van der Waals surface area contributed by atoms with Crippen LogP contribution < -0.4 is 5.73 Å². The maximum Gasteiger partial charge on any atom is 0.145 e. The Labute approximate surface area is 86.9 Å². The summed E-state index contributed by atoms with van der Waals surface area (Å²) in [4.78, 5) is 0. The summed E-state index contributed by atoms with van der Waals surface area (Å²) in [6.07, 6.45) is 2.02. The first kappa shape index (κ1) is 11.4. The topological polar surface area (TPSA) is 26.0 Å². The highest BCUT2D eigenvalue weighted by molar-refractivity contribution is 6.30. The van der Waals surface area contributed by atoms with Gasteiger partial charge in [-0.15, -0.1) is 0 Å². The summed E-state index contributed by atoms with van der Waals surface area (Å²) in [6.45, 7) is 0.560. The maximum absolute atomic E-state index is 13.3. The lowest BCUT2D eigenvalue weighted by atomic mass is 10.1. The van der Waals surface area contributed by atoms with Crippen molar-refractivity contribution in [1.82, 2.24) is 0 Å². The summed E-state index contributed by atoms with van der Waals surface area (Å²) in [5.74, 6) is -1.02. The molecule has 0 atom stereocenters. The lowest BCUT2D eigenvalue weighted by Crippen LogP contribution is -2.00. The number of nitrogens with two attached hydrogens (primary N) is 1. The minimum Gasteiger partial charge on any atom is -0.330 e. The molecule has 14 heavy (non-hydrogen) atoms. The molecule has 1 rings (SSSR count). The highest BCUT2D eigenvalue weighted by Crippen LogP contribution is 2.21. The molecule has 0 bridgehead atoms. The van der Waals surface area contributed by atoms with Crippen LogP contribution in [0, 0.1) is 11.6 Å². The molecule has 0 unspecified atom stereocenters. The van der Waals surface area contributed by atoms with Gasteiger partial charge in [-0.3, -0.25) is 0 Å². The lowest BCUT2D eigenvalue weighted by molar-refractivity contribution is 0.579. The quantitative estimate of drug-likeness (QED) is 0.612. The second-order valence-corrected chi connectivity index (χ2v) is 3.51. The molecular weight excluding hydrogens is 208 g/mol. The van der Waals surface area contributed by atoms with Crippen LogP contribution in [0.1, 0.15) is 18.4 Å². The van der Waals surface area contributed by atoms with Gasteiger partial charge in [-0.2, -0.15) is 0 Å². The van der Waals surface area contributed by atoms with Gasteiger partial charge in [0.1, 0.15) is 11.6 Å². The molecule has 0 saturated heterocycles. The Morgan fingerprint density at radius 1 is 1.21 bits per heavy atom. The first-order valence-electron chi connectivity index (χ1n) is 4.48. The van der Waals surface area contributed by atoms with Crippen LogP contribution in [0.3, 0.4) is 0 Å². The molecule has 0 aromatic heterocycles. The first-order valence-corrected chi connectivity index (χ1v) is 4.86. The van der Waals surface area contributed by atoms with Gasteiger partial charge < -0.3 is 5.73 Å². The normalized spacial score (nSPS) is 10.6. The van der Waals surface area contributed by atoms with Crippen LogP contribution >= 0.6 is 11.6 Å². The van der Waals surface area contributed by atoms with E-state index in [0.717, 1.165) is 18.9 Å². The number of aryl methyl sites for hydroxylation is 1. The number of halogens is 3. The van der Waals surface area contributed by atoms with Crippen LogP contribution in [0.15, 0.2) is 12.1 Å². The summed E-state index contributed by atoms with van der Waals surface area (Å²) >= 11 is 5.49. The van der Waals surface area contributed by atoms with Crippen molar-refractivity contribution in [3.05, 3.63) is 34.4 Å². The van der Waals surface area contributed by atoms with Gasteiger partial charge in [-0.05, 0) is 43.5 Å². The molecule has 0 aliphatic rings. The van der Waals surface area contributed by atoms with E-state index < -0.39 is 11.6 Å². The molecule has 0 spiro atoms. The first-order chi connectivity index (χ1) is 6.65. The maximum atomic E-state index is 13.3. The van der Waals surface area contributed by atoms with Gasteiger partial charge in [0.25, 0.3) is 0 Å². The SMILES string of the molecule is NCCCCc1cc(F)cc(Cl)c1F. The van der Waals surface area contributed by atoms with E-state index in [1.807, 2.05) is 0 Å². The number of benzene rings is 1. The van der Waals surface area contributed by atoms with Crippen LogP contribution in [0.2, 0.25) is 5.02 Å². The molecule has 0 fully saturated rings.